The van der Waals surface area contributed by atoms with E-state index < -0.39 is 0 Å². The minimum absolute atomic E-state index is 0.332. The molecule has 0 fully saturated rings. The Kier molecular flexibility index (Phi) is 3.86. The Morgan fingerprint density at radius 2 is 2.10 bits per heavy atom. The Balaban J connectivity index is 2.02. The van der Waals surface area contributed by atoms with E-state index in [0.717, 1.165) is 25.2 Å². The molecule has 1 aliphatic heterocycles. The van der Waals surface area contributed by atoms with Crippen molar-refractivity contribution in [3.63, 3.8) is 0 Å². The number of esters is 1. The molecule has 0 unspecified atom stereocenters. The molecule has 4 nitrogen and oxygen atoms in total. The van der Waals surface area contributed by atoms with Crippen LogP contribution < -0.4 is 4.90 Å². The average Bonchev–Trinajstić information content (AvgIpc) is 2.76. The number of aryl methyl sites for hydroxylation is 1. The zero-order chi connectivity index (χ0) is 14.7. The van der Waals surface area contributed by atoms with Crippen LogP contribution in [-0.4, -0.2) is 24.6 Å². The molecule has 108 valence electrons. The molecule has 0 saturated carbocycles. The normalized spacial score (nSPS) is 14.2. The van der Waals surface area contributed by atoms with Crippen LogP contribution in [0.4, 0.5) is 11.5 Å². The van der Waals surface area contributed by atoms with Crippen molar-refractivity contribution in [3.8, 4) is 0 Å². The fourth-order valence-corrected chi connectivity index (χ4v) is 2.74. The van der Waals surface area contributed by atoms with Gasteiger partial charge in [-0.05, 0) is 43.0 Å². The maximum atomic E-state index is 11.7. The van der Waals surface area contributed by atoms with Gasteiger partial charge < -0.3 is 9.64 Å². The van der Waals surface area contributed by atoms with Crippen molar-refractivity contribution in [3.05, 3.63) is 53.7 Å². The van der Waals surface area contributed by atoms with Crippen molar-refractivity contribution >= 4 is 17.5 Å². The molecule has 1 aromatic heterocycles. The monoisotopic (exact) mass is 282 g/mol. The summed E-state index contributed by atoms with van der Waals surface area (Å²) in [6, 6.07) is 11.9. The van der Waals surface area contributed by atoms with Crippen LogP contribution in [0.2, 0.25) is 0 Å². The Morgan fingerprint density at radius 1 is 1.24 bits per heavy atom. The maximum absolute atomic E-state index is 11.7. The number of para-hydroxylation sites is 1. The molecule has 0 aliphatic carbocycles. The van der Waals surface area contributed by atoms with Crippen LogP contribution in [0, 0.1) is 0 Å². The molecule has 0 amide bonds. The van der Waals surface area contributed by atoms with Crippen molar-refractivity contribution in [2.24, 2.45) is 0 Å². The van der Waals surface area contributed by atoms with Gasteiger partial charge in [-0.3, -0.25) is 0 Å². The standard InChI is InChI=1S/C17H18N2O2/c1-21-17(20)14-9-10-18-16(12-14)19-11-5-4-7-13-6-2-3-8-15(13)19/h2-3,6,8-10,12H,4-5,7,11H2,1H3. The topological polar surface area (TPSA) is 42.4 Å². The van der Waals surface area contributed by atoms with Crippen LogP contribution in [0.25, 0.3) is 0 Å². The average molecular weight is 282 g/mol. The van der Waals surface area contributed by atoms with Crippen molar-refractivity contribution in [2.45, 2.75) is 19.3 Å². The SMILES string of the molecule is COC(=O)c1ccnc(N2CCCCc3ccccc32)c1. The first-order chi connectivity index (χ1) is 10.3. The summed E-state index contributed by atoms with van der Waals surface area (Å²) in [7, 11) is 1.39. The quantitative estimate of drug-likeness (QED) is 0.792. The van der Waals surface area contributed by atoms with Gasteiger partial charge in [-0.2, -0.15) is 0 Å². The first-order valence-corrected chi connectivity index (χ1v) is 7.19. The van der Waals surface area contributed by atoms with E-state index in [1.54, 1.807) is 18.3 Å². The van der Waals surface area contributed by atoms with Crippen LogP contribution in [0.15, 0.2) is 42.6 Å². The van der Waals surface area contributed by atoms with E-state index in [1.165, 1.54) is 24.8 Å². The number of hydrogen-bond acceptors (Lipinski definition) is 4. The minimum atomic E-state index is -0.332. The van der Waals surface area contributed by atoms with Crippen molar-refractivity contribution < 1.29 is 9.53 Å². The molecule has 2 heterocycles. The van der Waals surface area contributed by atoms with Gasteiger partial charge in [0.25, 0.3) is 0 Å². The number of carbonyl (C=O) groups is 1. The molecule has 3 rings (SSSR count). The fourth-order valence-electron chi connectivity index (χ4n) is 2.74. The number of fused-ring (bicyclic) bond motifs is 1. The molecular weight excluding hydrogens is 264 g/mol. The van der Waals surface area contributed by atoms with Gasteiger partial charge in [0.1, 0.15) is 5.82 Å². The second-order valence-corrected chi connectivity index (χ2v) is 5.13. The van der Waals surface area contributed by atoms with E-state index in [4.69, 9.17) is 4.74 Å². The molecule has 0 spiro atoms. The second kappa shape index (κ2) is 5.95. The van der Waals surface area contributed by atoms with Gasteiger partial charge in [0, 0.05) is 18.4 Å². The smallest absolute Gasteiger partial charge is 0.338 e. The first kappa shape index (κ1) is 13.6. The van der Waals surface area contributed by atoms with Gasteiger partial charge in [-0.1, -0.05) is 18.2 Å². The highest BCUT2D eigenvalue weighted by Gasteiger charge is 2.18. The van der Waals surface area contributed by atoms with Crippen LogP contribution in [-0.2, 0) is 11.2 Å². The summed E-state index contributed by atoms with van der Waals surface area (Å²) >= 11 is 0. The molecule has 21 heavy (non-hydrogen) atoms. The second-order valence-electron chi connectivity index (χ2n) is 5.13. The van der Waals surface area contributed by atoms with Crippen LogP contribution >= 0.6 is 0 Å². The summed E-state index contributed by atoms with van der Waals surface area (Å²) in [5.41, 5.74) is 3.05. The lowest BCUT2D eigenvalue weighted by Crippen LogP contribution is -2.19. The van der Waals surface area contributed by atoms with E-state index >= 15 is 0 Å². The highest BCUT2D eigenvalue weighted by atomic mass is 16.5. The van der Waals surface area contributed by atoms with Gasteiger partial charge >= 0.3 is 5.97 Å². The number of rotatable bonds is 2. The van der Waals surface area contributed by atoms with Crippen LogP contribution in [0.3, 0.4) is 0 Å². The third kappa shape index (κ3) is 2.75. The lowest BCUT2D eigenvalue weighted by molar-refractivity contribution is 0.0600. The van der Waals surface area contributed by atoms with Gasteiger partial charge in [0.2, 0.25) is 0 Å². The predicted molar refractivity (Wildman–Crippen MR) is 82.0 cm³/mol. The highest BCUT2D eigenvalue weighted by Crippen LogP contribution is 2.31. The van der Waals surface area contributed by atoms with E-state index in [0.29, 0.717) is 5.56 Å². The van der Waals surface area contributed by atoms with Gasteiger partial charge in [0.15, 0.2) is 0 Å². The Bertz CT molecular complexity index is 655. The van der Waals surface area contributed by atoms with Gasteiger partial charge in [-0.25, -0.2) is 9.78 Å². The molecule has 4 heteroatoms. The first-order valence-electron chi connectivity index (χ1n) is 7.19. The molecule has 1 aromatic carbocycles. The fraction of sp³-hybridized carbons (Fsp3) is 0.294. The molecule has 0 atom stereocenters. The van der Waals surface area contributed by atoms with E-state index in [-0.39, 0.29) is 5.97 Å². The molecule has 0 N–H and O–H groups in total. The number of nitrogens with zero attached hydrogens (tertiary/aromatic N) is 2. The summed E-state index contributed by atoms with van der Waals surface area (Å²) in [5, 5.41) is 0. The molecule has 1 aliphatic rings. The Labute approximate surface area is 124 Å². The van der Waals surface area contributed by atoms with Gasteiger partial charge in [-0.15, -0.1) is 0 Å². The Hall–Kier alpha value is -2.36. The highest BCUT2D eigenvalue weighted by molar-refractivity contribution is 5.90. The summed E-state index contributed by atoms with van der Waals surface area (Å²) < 4.78 is 4.79. The molecule has 0 bridgehead atoms. The summed E-state index contributed by atoms with van der Waals surface area (Å²) in [6.45, 7) is 0.911. The van der Waals surface area contributed by atoms with Crippen LogP contribution in [0.1, 0.15) is 28.8 Å². The van der Waals surface area contributed by atoms with Crippen molar-refractivity contribution in [1.82, 2.24) is 4.98 Å². The number of ether oxygens (including phenoxy) is 1. The maximum Gasteiger partial charge on any atom is 0.338 e. The lowest BCUT2D eigenvalue weighted by Gasteiger charge is -2.24. The Morgan fingerprint density at radius 3 is 2.95 bits per heavy atom. The lowest BCUT2D eigenvalue weighted by atomic mass is 10.1. The van der Waals surface area contributed by atoms with E-state index in [1.807, 2.05) is 6.07 Å². The van der Waals surface area contributed by atoms with Crippen LogP contribution in [0.5, 0.6) is 0 Å². The molecule has 2 aromatic rings. The van der Waals surface area contributed by atoms with E-state index in [2.05, 4.69) is 28.1 Å². The zero-order valence-electron chi connectivity index (χ0n) is 12.1. The molecule has 0 saturated heterocycles. The summed E-state index contributed by atoms with van der Waals surface area (Å²) in [6.07, 6.45) is 5.03. The number of pyridine rings is 1. The number of methoxy groups -OCH3 is 1. The third-order valence-corrected chi connectivity index (χ3v) is 3.80. The van der Waals surface area contributed by atoms with E-state index in [9.17, 15) is 4.79 Å². The third-order valence-electron chi connectivity index (χ3n) is 3.80. The predicted octanol–water partition coefficient (Wildman–Crippen LogP) is 3.34. The minimum Gasteiger partial charge on any atom is -0.465 e. The molecular formula is C17H18N2O2. The summed E-state index contributed by atoms with van der Waals surface area (Å²) in [5.74, 6) is 0.467. The van der Waals surface area contributed by atoms with Crippen molar-refractivity contribution in [2.75, 3.05) is 18.6 Å². The largest absolute Gasteiger partial charge is 0.465 e. The zero-order valence-corrected chi connectivity index (χ0v) is 12.1. The number of hydrogen-bond donors (Lipinski definition) is 0. The summed E-state index contributed by atoms with van der Waals surface area (Å²) in [4.78, 5) is 18.3. The molecule has 0 radical (unpaired) electrons. The number of benzene rings is 1. The number of anilines is 2. The van der Waals surface area contributed by atoms with Gasteiger partial charge in [0.05, 0.1) is 12.7 Å². The number of aromatic nitrogens is 1. The number of carbonyl (C=O) groups excluding carboxylic acids is 1. The van der Waals surface area contributed by atoms with Crippen molar-refractivity contribution in [1.29, 1.82) is 0 Å².